The minimum atomic E-state index is -4.11. The van der Waals surface area contributed by atoms with E-state index in [0.29, 0.717) is 6.42 Å². The quantitative estimate of drug-likeness (QED) is 0.604. The number of aliphatic hydroxyl groups excluding tert-OH is 1. The molecule has 96 valence electrons. The zero-order chi connectivity index (χ0) is 12.0. The number of hydrogen-bond donors (Lipinski definition) is 1. The second kappa shape index (κ2) is 6.45. The van der Waals surface area contributed by atoms with Crippen molar-refractivity contribution in [2.24, 2.45) is 0 Å². The van der Waals surface area contributed by atoms with Crippen LogP contribution in [-0.2, 0) is 4.74 Å². The molecule has 0 saturated heterocycles. The van der Waals surface area contributed by atoms with Crippen LogP contribution < -0.4 is 0 Å². The van der Waals surface area contributed by atoms with Crippen molar-refractivity contribution in [1.82, 2.24) is 0 Å². The molecule has 0 amide bonds. The smallest absolute Gasteiger partial charge is 0.389 e. The lowest BCUT2D eigenvalue weighted by molar-refractivity contribution is -0.140. The van der Waals surface area contributed by atoms with E-state index >= 15 is 0 Å². The molecule has 2 nitrogen and oxygen atoms in total. The van der Waals surface area contributed by atoms with Gasteiger partial charge < -0.3 is 9.84 Å². The van der Waals surface area contributed by atoms with Crippen molar-refractivity contribution in [1.29, 1.82) is 0 Å². The van der Waals surface area contributed by atoms with Crippen LogP contribution in [0.25, 0.3) is 0 Å². The number of halogens is 3. The molecule has 1 aliphatic rings. The van der Waals surface area contributed by atoms with E-state index in [4.69, 9.17) is 4.74 Å². The Morgan fingerprint density at radius 3 is 2.50 bits per heavy atom. The average molecular weight is 240 g/mol. The van der Waals surface area contributed by atoms with Gasteiger partial charge in [0.05, 0.1) is 12.2 Å². The topological polar surface area (TPSA) is 29.5 Å². The Bertz CT molecular complexity index is 194. The van der Waals surface area contributed by atoms with Gasteiger partial charge in [-0.25, -0.2) is 0 Å². The normalized spacial score (nSPS) is 27.8. The van der Waals surface area contributed by atoms with Gasteiger partial charge in [-0.05, 0) is 19.3 Å². The van der Waals surface area contributed by atoms with Crippen molar-refractivity contribution in [3.63, 3.8) is 0 Å². The highest BCUT2D eigenvalue weighted by molar-refractivity contribution is 4.73. The largest absolute Gasteiger partial charge is 0.390 e. The highest BCUT2D eigenvalue weighted by Gasteiger charge is 2.27. The molecule has 1 fully saturated rings. The molecule has 5 heteroatoms. The Morgan fingerprint density at radius 2 is 1.81 bits per heavy atom. The SMILES string of the molecule is OC1CCCCCC1OCCCC(F)(F)F. The maximum absolute atomic E-state index is 11.9. The van der Waals surface area contributed by atoms with Crippen molar-refractivity contribution < 1.29 is 23.0 Å². The molecular formula is C11H19F3O2. The summed E-state index contributed by atoms with van der Waals surface area (Å²) in [6.45, 7) is 0.0846. The standard InChI is InChI=1S/C11H19F3O2/c12-11(13,14)7-4-8-16-10-6-3-1-2-5-9(10)15/h9-10,15H,1-8H2. The van der Waals surface area contributed by atoms with Gasteiger partial charge in [-0.2, -0.15) is 13.2 Å². The maximum Gasteiger partial charge on any atom is 0.389 e. The summed E-state index contributed by atoms with van der Waals surface area (Å²) in [5.41, 5.74) is 0. The summed E-state index contributed by atoms with van der Waals surface area (Å²) in [7, 11) is 0. The second-order valence-corrected chi connectivity index (χ2v) is 4.33. The molecule has 0 aromatic heterocycles. The van der Waals surface area contributed by atoms with Crippen LogP contribution in [0.5, 0.6) is 0 Å². The van der Waals surface area contributed by atoms with Gasteiger partial charge in [0, 0.05) is 13.0 Å². The summed E-state index contributed by atoms with van der Waals surface area (Å²) in [6.07, 6.45) is -1.22. The van der Waals surface area contributed by atoms with Crippen molar-refractivity contribution in [3.8, 4) is 0 Å². The molecule has 16 heavy (non-hydrogen) atoms. The molecule has 0 spiro atoms. The first-order valence-corrected chi connectivity index (χ1v) is 5.85. The lowest BCUT2D eigenvalue weighted by Crippen LogP contribution is -2.28. The Kier molecular flexibility index (Phi) is 5.55. The van der Waals surface area contributed by atoms with E-state index in [-0.39, 0.29) is 19.1 Å². The minimum absolute atomic E-state index is 0.0211. The molecule has 0 bridgehead atoms. The van der Waals surface area contributed by atoms with Crippen molar-refractivity contribution >= 4 is 0 Å². The van der Waals surface area contributed by atoms with Gasteiger partial charge in [0.15, 0.2) is 0 Å². The Morgan fingerprint density at radius 1 is 1.12 bits per heavy atom. The minimum Gasteiger partial charge on any atom is -0.390 e. The molecule has 1 N–H and O–H groups in total. The molecule has 2 unspecified atom stereocenters. The summed E-state index contributed by atoms with van der Waals surface area (Å²) in [6, 6.07) is 0. The second-order valence-electron chi connectivity index (χ2n) is 4.33. The van der Waals surface area contributed by atoms with Gasteiger partial charge in [0.25, 0.3) is 0 Å². The van der Waals surface area contributed by atoms with Gasteiger partial charge >= 0.3 is 6.18 Å². The van der Waals surface area contributed by atoms with Crippen molar-refractivity contribution in [2.75, 3.05) is 6.61 Å². The van der Waals surface area contributed by atoms with Gasteiger partial charge in [-0.1, -0.05) is 19.3 Å². The number of alkyl halides is 3. The molecule has 1 aliphatic carbocycles. The van der Waals surface area contributed by atoms with Crippen LogP contribution in [0.15, 0.2) is 0 Å². The number of aliphatic hydroxyl groups is 1. The highest BCUT2D eigenvalue weighted by atomic mass is 19.4. The van der Waals surface area contributed by atoms with Gasteiger partial charge in [-0.3, -0.25) is 0 Å². The van der Waals surface area contributed by atoms with E-state index in [1.807, 2.05) is 0 Å². The first-order chi connectivity index (χ1) is 7.49. The summed E-state index contributed by atoms with van der Waals surface area (Å²) in [5, 5.41) is 9.66. The predicted molar refractivity (Wildman–Crippen MR) is 54.1 cm³/mol. The van der Waals surface area contributed by atoms with Crippen LogP contribution in [0.1, 0.15) is 44.9 Å². The van der Waals surface area contributed by atoms with Crippen LogP contribution in [0.2, 0.25) is 0 Å². The van der Waals surface area contributed by atoms with E-state index in [1.54, 1.807) is 0 Å². The average Bonchev–Trinajstić information content (AvgIpc) is 2.37. The third-order valence-electron chi connectivity index (χ3n) is 2.85. The summed E-state index contributed by atoms with van der Waals surface area (Å²) in [4.78, 5) is 0. The van der Waals surface area contributed by atoms with Crippen LogP contribution in [0.4, 0.5) is 13.2 Å². The maximum atomic E-state index is 11.9. The van der Waals surface area contributed by atoms with Gasteiger partial charge in [0.2, 0.25) is 0 Å². The molecule has 0 radical (unpaired) electrons. The molecule has 1 saturated carbocycles. The zero-order valence-electron chi connectivity index (χ0n) is 9.30. The zero-order valence-corrected chi connectivity index (χ0v) is 9.30. The van der Waals surface area contributed by atoms with Crippen molar-refractivity contribution in [3.05, 3.63) is 0 Å². The van der Waals surface area contributed by atoms with Gasteiger partial charge in [-0.15, -0.1) is 0 Å². The number of rotatable bonds is 4. The summed E-state index contributed by atoms with van der Waals surface area (Å²) >= 11 is 0. The van der Waals surface area contributed by atoms with Crippen LogP contribution in [-0.4, -0.2) is 30.1 Å². The molecule has 0 aromatic carbocycles. The molecule has 2 atom stereocenters. The Labute approximate surface area is 93.8 Å². The molecule has 0 heterocycles. The highest BCUT2D eigenvalue weighted by Crippen LogP contribution is 2.23. The first kappa shape index (κ1) is 13.8. The van der Waals surface area contributed by atoms with E-state index in [9.17, 15) is 18.3 Å². The predicted octanol–water partition coefficient (Wildman–Crippen LogP) is 3.04. The van der Waals surface area contributed by atoms with Crippen LogP contribution >= 0.6 is 0 Å². The fourth-order valence-corrected chi connectivity index (χ4v) is 1.96. The first-order valence-electron chi connectivity index (χ1n) is 5.85. The fourth-order valence-electron chi connectivity index (χ4n) is 1.96. The molecular weight excluding hydrogens is 221 g/mol. The van der Waals surface area contributed by atoms with E-state index in [2.05, 4.69) is 0 Å². The van der Waals surface area contributed by atoms with Crippen LogP contribution in [0, 0.1) is 0 Å². The lowest BCUT2D eigenvalue weighted by Gasteiger charge is -2.21. The summed E-state index contributed by atoms with van der Waals surface area (Å²) < 4.78 is 40.9. The van der Waals surface area contributed by atoms with Gasteiger partial charge in [0.1, 0.15) is 0 Å². The third-order valence-corrected chi connectivity index (χ3v) is 2.85. The third kappa shape index (κ3) is 5.70. The molecule has 0 aromatic rings. The Balaban J connectivity index is 2.15. The number of hydrogen-bond acceptors (Lipinski definition) is 2. The monoisotopic (exact) mass is 240 g/mol. The van der Waals surface area contributed by atoms with E-state index < -0.39 is 18.7 Å². The van der Waals surface area contributed by atoms with Crippen LogP contribution in [0.3, 0.4) is 0 Å². The molecule has 0 aliphatic heterocycles. The lowest BCUT2D eigenvalue weighted by atomic mass is 10.1. The van der Waals surface area contributed by atoms with Crippen molar-refractivity contribution in [2.45, 2.75) is 63.3 Å². The fraction of sp³-hybridized carbons (Fsp3) is 1.00. The number of ether oxygens (including phenoxy) is 1. The molecule has 1 rings (SSSR count). The van der Waals surface area contributed by atoms with E-state index in [1.165, 1.54) is 0 Å². The summed E-state index contributed by atoms with van der Waals surface area (Å²) in [5.74, 6) is 0. The van der Waals surface area contributed by atoms with E-state index in [0.717, 1.165) is 25.7 Å². The Hall–Kier alpha value is -0.290.